The van der Waals surface area contributed by atoms with Crippen molar-refractivity contribution in [3.8, 4) is 0 Å². The van der Waals surface area contributed by atoms with Gasteiger partial charge in [-0.25, -0.2) is 0 Å². The van der Waals surface area contributed by atoms with Crippen molar-refractivity contribution in [2.45, 2.75) is 67.6 Å². The van der Waals surface area contributed by atoms with E-state index >= 15 is 0 Å². The zero-order chi connectivity index (χ0) is 11.6. The quantitative estimate of drug-likeness (QED) is 0.582. The first-order valence-electron chi connectivity index (χ1n) is 5.76. The normalized spacial score (nSPS) is 14.5. The minimum absolute atomic E-state index is 0.334. The minimum Gasteiger partial charge on any atom is -0.0887 e. The Labute approximate surface area is 92.3 Å². The summed E-state index contributed by atoms with van der Waals surface area (Å²) in [5.41, 5.74) is 1.01. The maximum Gasteiger partial charge on any atom is 0.0653 e. The fraction of sp³-hybridized carbons (Fsp3) is 1.00. The van der Waals surface area contributed by atoms with Gasteiger partial charge in [0.05, 0.1) is 7.85 Å². The second-order valence-electron chi connectivity index (χ2n) is 6.72. The van der Waals surface area contributed by atoms with Gasteiger partial charge in [0.25, 0.3) is 0 Å². The summed E-state index contributed by atoms with van der Waals surface area (Å²) in [7, 11) is 5.62. The lowest BCUT2D eigenvalue weighted by Crippen LogP contribution is -2.43. The summed E-state index contributed by atoms with van der Waals surface area (Å²) in [6, 6.07) is 0. The average molecular weight is 194 g/mol. The minimum atomic E-state index is 0.334. The molecule has 0 spiro atoms. The Morgan fingerprint density at radius 1 is 0.786 bits per heavy atom. The van der Waals surface area contributed by atoms with Crippen molar-refractivity contribution in [1.82, 2.24) is 0 Å². The standard InChI is InChI=1S/C13H27B/c1-11(2,3)13(7,9-8-10-14)12(4,5)6/h8-10H2,1-7H3. The SMILES string of the molecule is [B]CCCC(C)(C(C)(C)C)C(C)(C)C. The highest BCUT2D eigenvalue weighted by Crippen LogP contribution is 2.54. The van der Waals surface area contributed by atoms with Crippen LogP contribution in [0.1, 0.15) is 61.3 Å². The average Bonchev–Trinajstić information content (AvgIpc) is 1.95. The van der Waals surface area contributed by atoms with Crippen LogP contribution in [-0.2, 0) is 0 Å². The van der Waals surface area contributed by atoms with Gasteiger partial charge in [-0.2, -0.15) is 0 Å². The molecule has 0 rings (SSSR count). The van der Waals surface area contributed by atoms with Crippen LogP contribution in [0.2, 0.25) is 6.32 Å². The molecule has 14 heavy (non-hydrogen) atoms. The molecule has 2 radical (unpaired) electrons. The Balaban J connectivity index is 4.87. The van der Waals surface area contributed by atoms with Crippen LogP contribution in [0.15, 0.2) is 0 Å². The van der Waals surface area contributed by atoms with Gasteiger partial charge in [-0.1, -0.05) is 61.2 Å². The second-order valence-corrected chi connectivity index (χ2v) is 6.72. The molecule has 0 amide bonds. The molecule has 0 saturated heterocycles. The van der Waals surface area contributed by atoms with Crippen LogP contribution in [-0.4, -0.2) is 7.85 Å². The molecule has 0 N–H and O–H groups in total. The van der Waals surface area contributed by atoms with Gasteiger partial charge in [-0.15, -0.1) is 0 Å². The predicted octanol–water partition coefficient (Wildman–Crippen LogP) is 4.45. The van der Waals surface area contributed by atoms with E-state index in [9.17, 15) is 0 Å². The third-order valence-electron chi connectivity index (χ3n) is 4.19. The highest BCUT2D eigenvalue weighted by atomic mass is 14.5. The molecule has 82 valence electrons. The molecule has 0 aromatic heterocycles. The van der Waals surface area contributed by atoms with Gasteiger partial charge < -0.3 is 0 Å². The van der Waals surface area contributed by atoms with E-state index in [0.29, 0.717) is 16.2 Å². The molecule has 0 heterocycles. The van der Waals surface area contributed by atoms with Gasteiger partial charge in [0, 0.05) is 0 Å². The molecule has 0 aliphatic heterocycles. The van der Waals surface area contributed by atoms with Crippen molar-refractivity contribution < 1.29 is 0 Å². The van der Waals surface area contributed by atoms with Gasteiger partial charge in [-0.05, 0) is 22.7 Å². The van der Waals surface area contributed by atoms with E-state index in [1.807, 2.05) is 0 Å². The van der Waals surface area contributed by atoms with Gasteiger partial charge >= 0.3 is 0 Å². The van der Waals surface area contributed by atoms with Crippen LogP contribution in [0, 0.1) is 16.2 Å². The second kappa shape index (κ2) is 4.29. The highest BCUT2D eigenvalue weighted by molar-refractivity contribution is 6.08. The molecule has 0 atom stereocenters. The van der Waals surface area contributed by atoms with E-state index in [2.05, 4.69) is 48.5 Å². The first kappa shape index (κ1) is 14.1. The molecule has 0 aliphatic rings. The topological polar surface area (TPSA) is 0 Å². The molecule has 0 saturated carbocycles. The van der Waals surface area contributed by atoms with E-state index in [0.717, 1.165) is 12.7 Å². The van der Waals surface area contributed by atoms with Crippen molar-refractivity contribution in [2.24, 2.45) is 16.2 Å². The van der Waals surface area contributed by atoms with Crippen LogP contribution in [0.4, 0.5) is 0 Å². The first-order valence-corrected chi connectivity index (χ1v) is 5.76. The maximum atomic E-state index is 5.62. The van der Waals surface area contributed by atoms with E-state index in [1.54, 1.807) is 0 Å². The zero-order valence-electron chi connectivity index (χ0n) is 11.2. The summed E-state index contributed by atoms with van der Waals surface area (Å²) >= 11 is 0. The fourth-order valence-corrected chi connectivity index (χ4v) is 2.33. The smallest absolute Gasteiger partial charge is 0.0653 e. The maximum absolute atomic E-state index is 5.62. The lowest BCUT2D eigenvalue weighted by molar-refractivity contribution is -0.0223. The van der Waals surface area contributed by atoms with Gasteiger partial charge in [-0.3, -0.25) is 0 Å². The third-order valence-corrected chi connectivity index (χ3v) is 4.19. The van der Waals surface area contributed by atoms with E-state index in [-0.39, 0.29) is 0 Å². The first-order chi connectivity index (χ1) is 6.06. The molecule has 0 aromatic carbocycles. The largest absolute Gasteiger partial charge is 0.0887 e. The Morgan fingerprint density at radius 2 is 1.14 bits per heavy atom. The summed E-state index contributed by atoms with van der Waals surface area (Å²) in [5.74, 6) is 0. The molecular formula is C13H27B. The van der Waals surface area contributed by atoms with Gasteiger partial charge in [0.2, 0.25) is 0 Å². The zero-order valence-corrected chi connectivity index (χ0v) is 11.2. The van der Waals surface area contributed by atoms with E-state index < -0.39 is 0 Å². The molecule has 0 fully saturated rings. The Bertz CT molecular complexity index is 155. The Morgan fingerprint density at radius 3 is 1.36 bits per heavy atom. The molecule has 0 aliphatic carbocycles. The van der Waals surface area contributed by atoms with Crippen molar-refractivity contribution in [3.63, 3.8) is 0 Å². The van der Waals surface area contributed by atoms with Crippen molar-refractivity contribution in [1.29, 1.82) is 0 Å². The van der Waals surface area contributed by atoms with Gasteiger partial charge in [0.1, 0.15) is 0 Å². The number of rotatable bonds is 3. The van der Waals surface area contributed by atoms with Crippen LogP contribution < -0.4 is 0 Å². The Kier molecular flexibility index (Phi) is 4.31. The molecule has 1 heteroatoms. The molecule has 0 nitrogen and oxygen atoms in total. The molecular weight excluding hydrogens is 167 g/mol. The van der Waals surface area contributed by atoms with E-state index in [1.165, 1.54) is 6.42 Å². The lowest BCUT2D eigenvalue weighted by atomic mass is 9.53. The van der Waals surface area contributed by atoms with Crippen molar-refractivity contribution >= 4 is 7.85 Å². The summed E-state index contributed by atoms with van der Waals surface area (Å²) in [6.07, 6.45) is 3.16. The Hall–Kier alpha value is 0.0649. The van der Waals surface area contributed by atoms with Crippen LogP contribution in [0.5, 0.6) is 0 Å². The van der Waals surface area contributed by atoms with E-state index in [4.69, 9.17) is 7.85 Å². The lowest BCUT2D eigenvalue weighted by Gasteiger charge is -2.52. The van der Waals surface area contributed by atoms with Crippen molar-refractivity contribution in [2.75, 3.05) is 0 Å². The summed E-state index contributed by atoms with van der Waals surface area (Å²) in [4.78, 5) is 0. The fourth-order valence-electron chi connectivity index (χ4n) is 2.33. The highest BCUT2D eigenvalue weighted by Gasteiger charge is 2.45. The molecule has 0 bridgehead atoms. The van der Waals surface area contributed by atoms with Crippen LogP contribution in [0.3, 0.4) is 0 Å². The monoisotopic (exact) mass is 194 g/mol. The van der Waals surface area contributed by atoms with Gasteiger partial charge in [0.15, 0.2) is 0 Å². The number of hydrogen-bond acceptors (Lipinski definition) is 0. The summed E-state index contributed by atoms with van der Waals surface area (Å²) < 4.78 is 0. The van der Waals surface area contributed by atoms with Crippen LogP contribution in [0.25, 0.3) is 0 Å². The predicted molar refractivity (Wildman–Crippen MR) is 66.8 cm³/mol. The molecule has 0 aromatic rings. The molecule has 0 unspecified atom stereocenters. The van der Waals surface area contributed by atoms with Crippen LogP contribution >= 0.6 is 0 Å². The number of hydrogen-bond donors (Lipinski definition) is 0. The third kappa shape index (κ3) is 2.78. The van der Waals surface area contributed by atoms with Crippen molar-refractivity contribution in [3.05, 3.63) is 0 Å². The summed E-state index contributed by atoms with van der Waals surface area (Å²) in [5, 5.41) is 0. The summed E-state index contributed by atoms with van der Waals surface area (Å²) in [6.45, 7) is 16.5.